The summed E-state index contributed by atoms with van der Waals surface area (Å²) in [5.41, 5.74) is 1.19. The van der Waals surface area contributed by atoms with Gasteiger partial charge in [-0.3, -0.25) is 0 Å². The van der Waals surface area contributed by atoms with Gasteiger partial charge in [0.05, 0.1) is 13.2 Å². The van der Waals surface area contributed by atoms with Crippen molar-refractivity contribution < 1.29 is 18.7 Å². The summed E-state index contributed by atoms with van der Waals surface area (Å²) in [6, 6.07) is 13.7. The van der Waals surface area contributed by atoms with Gasteiger partial charge in [-0.15, -0.1) is 0 Å². The number of allylic oxidation sites excluding steroid dienone is 1. The van der Waals surface area contributed by atoms with E-state index in [9.17, 15) is 4.79 Å². The van der Waals surface area contributed by atoms with E-state index < -0.39 is 8.32 Å². The molecular weight excluding hydrogens is 368 g/mol. The molecule has 1 atom stereocenters. The highest BCUT2D eigenvalue weighted by atomic mass is 28.4. The second-order valence-corrected chi connectivity index (χ2v) is 11.8. The molecular formula is C23H38O4Si. The maximum Gasteiger partial charge on any atom is 0.330 e. The molecule has 5 heteroatoms. The number of carbonyl (C=O) groups is 1. The fourth-order valence-electron chi connectivity index (χ4n) is 3.25. The predicted octanol–water partition coefficient (Wildman–Crippen LogP) is 5.88. The second-order valence-electron chi connectivity index (χ2n) is 7.04. The summed E-state index contributed by atoms with van der Waals surface area (Å²) in [5.74, 6) is -0.273. The average Bonchev–Trinajstić information content (AvgIpc) is 2.73. The van der Waals surface area contributed by atoms with Crippen molar-refractivity contribution in [2.24, 2.45) is 0 Å². The first-order valence-corrected chi connectivity index (χ1v) is 13.2. The lowest BCUT2D eigenvalue weighted by atomic mass is 10.1. The van der Waals surface area contributed by atoms with Crippen molar-refractivity contribution in [2.75, 3.05) is 13.2 Å². The van der Waals surface area contributed by atoms with E-state index in [-0.39, 0.29) is 12.1 Å². The lowest BCUT2D eigenvalue weighted by Crippen LogP contribution is -2.40. The molecule has 0 N–H and O–H groups in total. The molecule has 0 fully saturated rings. The summed E-state index contributed by atoms with van der Waals surface area (Å²) in [6.07, 6.45) is 6.19. The molecule has 1 rings (SSSR count). The van der Waals surface area contributed by atoms with Gasteiger partial charge in [0.25, 0.3) is 0 Å². The summed E-state index contributed by atoms with van der Waals surface area (Å²) in [5, 5.41) is 0. The molecule has 0 radical (unpaired) electrons. The van der Waals surface area contributed by atoms with E-state index in [1.54, 1.807) is 0 Å². The van der Waals surface area contributed by atoms with Gasteiger partial charge in [-0.2, -0.15) is 0 Å². The third-order valence-corrected chi connectivity index (χ3v) is 9.94. The van der Waals surface area contributed by atoms with Crippen LogP contribution >= 0.6 is 0 Å². The number of ether oxygens (including phenoxy) is 2. The van der Waals surface area contributed by atoms with Gasteiger partial charge in [-0.05, 0) is 49.9 Å². The molecule has 0 aliphatic rings. The molecule has 1 aromatic rings. The SMILES string of the molecule is CCOC(=O)/C=C\CC[C@H](CCOCc1ccccc1)O[Si](CC)(CC)CC. The van der Waals surface area contributed by atoms with Crippen LogP contribution in [0.15, 0.2) is 42.5 Å². The summed E-state index contributed by atoms with van der Waals surface area (Å²) in [4.78, 5) is 11.4. The smallest absolute Gasteiger partial charge is 0.330 e. The van der Waals surface area contributed by atoms with Crippen LogP contribution in [0.3, 0.4) is 0 Å². The van der Waals surface area contributed by atoms with Gasteiger partial charge in [0.2, 0.25) is 0 Å². The number of rotatable bonds is 15. The topological polar surface area (TPSA) is 44.8 Å². The van der Waals surface area contributed by atoms with E-state index in [1.807, 2.05) is 31.2 Å². The maximum atomic E-state index is 11.4. The number of benzene rings is 1. The van der Waals surface area contributed by atoms with Crippen molar-refractivity contribution >= 4 is 14.3 Å². The highest BCUT2D eigenvalue weighted by molar-refractivity contribution is 6.73. The fraction of sp³-hybridized carbons (Fsp3) is 0.609. The zero-order chi connectivity index (χ0) is 20.7. The van der Waals surface area contributed by atoms with Crippen LogP contribution in [0.4, 0.5) is 0 Å². The minimum absolute atomic E-state index is 0.175. The third-order valence-electron chi connectivity index (χ3n) is 5.24. The van der Waals surface area contributed by atoms with E-state index in [0.29, 0.717) is 19.8 Å². The van der Waals surface area contributed by atoms with Crippen LogP contribution in [-0.2, 0) is 25.3 Å². The summed E-state index contributed by atoms with van der Waals surface area (Å²) < 4.78 is 17.5. The molecule has 158 valence electrons. The van der Waals surface area contributed by atoms with Crippen LogP contribution in [0, 0.1) is 0 Å². The van der Waals surface area contributed by atoms with E-state index in [1.165, 1.54) is 11.6 Å². The van der Waals surface area contributed by atoms with Gasteiger partial charge < -0.3 is 13.9 Å². The van der Waals surface area contributed by atoms with Crippen LogP contribution in [0.25, 0.3) is 0 Å². The number of esters is 1. The van der Waals surface area contributed by atoms with Gasteiger partial charge in [-0.25, -0.2) is 4.79 Å². The second kappa shape index (κ2) is 14.5. The summed E-state index contributed by atoms with van der Waals surface area (Å²) >= 11 is 0. The maximum absolute atomic E-state index is 11.4. The van der Waals surface area contributed by atoms with Gasteiger partial charge in [0.1, 0.15) is 0 Å². The Hall–Kier alpha value is -1.43. The van der Waals surface area contributed by atoms with Crippen molar-refractivity contribution in [1.82, 2.24) is 0 Å². The Morgan fingerprint density at radius 3 is 2.32 bits per heavy atom. The molecule has 0 unspecified atom stereocenters. The predicted molar refractivity (Wildman–Crippen MR) is 118 cm³/mol. The normalized spacial score (nSPS) is 13.0. The number of hydrogen-bond donors (Lipinski definition) is 0. The van der Waals surface area contributed by atoms with Gasteiger partial charge in [0.15, 0.2) is 8.32 Å². The van der Waals surface area contributed by atoms with Crippen LogP contribution < -0.4 is 0 Å². The van der Waals surface area contributed by atoms with Crippen molar-refractivity contribution in [3.63, 3.8) is 0 Å². The lowest BCUT2D eigenvalue weighted by Gasteiger charge is -2.33. The zero-order valence-corrected chi connectivity index (χ0v) is 19.1. The zero-order valence-electron chi connectivity index (χ0n) is 18.1. The average molecular weight is 407 g/mol. The van der Waals surface area contributed by atoms with Gasteiger partial charge in [0, 0.05) is 18.8 Å². The molecule has 0 aliphatic heterocycles. The molecule has 0 saturated heterocycles. The highest BCUT2D eigenvalue weighted by Crippen LogP contribution is 2.26. The van der Waals surface area contributed by atoms with E-state index >= 15 is 0 Å². The Morgan fingerprint density at radius 1 is 1.04 bits per heavy atom. The standard InChI is InChI=1S/C23H38O4Si/c1-5-26-23(24)17-13-12-16-22(27-28(6-2,7-3)8-4)18-19-25-20-21-14-10-9-11-15-21/h9-11,13-15,17,22H,5-8,12,16,18-20H2,1-4H3/b17-13-/t22-/m1/s1. The lowest BCUT2D eigenvalue weighted by molar-refractivity contribution is -0.137. The molecule has 0 amide bonds. The van der Waals surface area contributed by atoms with Gasteiger partial charge in [-0.1, -0.05) is 57.2 Å². The Morgan fingerprint density at radius 2 is 1.71 bits per heavy atom. The molecule has 4 nitrogen and oxygen atoms in total. The largest absolute Gasteiger partial charge is 0.463 e. The molecule has 0 aliphatic carbocycles. The Bertz CT molecular complexity index is 547. The van der Waals surface area contributed by atoms with Crippen LogP contribution in [0.1, 0.15) is 52.5 Å². The highest BCUT2D eigenvalue weighted by Gasteiger charge is 2.31. The van der Waals surface area contributed by atoms with Crippen molar-refractivity contribution in [3.8, 4) is 0 Å². The van der Waals surface area contributed by atoms with Crippen LogP contribution in [0.5, 0.6) is 0 Å². The molecule has 0 aromatic heterocycles. The van der Waals surface area contributed by atoms with Crippen molar-refractivity contribution in [1.29, 1.82) is 0 Å². The van der Waals surface area contributed by atoms with Crippen LogP contribution in [-0.4, -0.2) is 33.6 Å². The summed E-state index contributed by atoms with van der Waals surface area (Å²) in [6.45, 7) is 10.3. The third kappa shape index (κ3) is 9.67. The van der Waals surface area contributed by atoms with Gasteiger partial charge >= 0.3 is 5.97 Å². The first kappa shape index (κ1) is 24.6. The monoisotopic (exact) mass is 406 g/mol. The first-order chi connectivity index (χ1) is 13.6. The van der Waals surface area contributed by atoms with Crippen molar-refractivity contribution in [2.45, 2.75) is 77.8 Å². The quantitative estimate of drug-likeness (QED) is 0.158. The Balaban J connectivity index is 2.54. The Labute approximate surface area is 172 Å². The first-order valence-electron chi connectivity index (χ1n) is 10.7. The molecule has 0 spiro atoms. The van der Waals surface area contributed by atoms with E-state index in [2.05, 4.69) is 32.9 Å². The van der Waals surface area contributed by atoms with E-state index in [4.69, 9.17) is 13.9 Å². The number of hydrogen-bond acceptors (Lipinski definition) is 4. The minimum atomic E-state index is -1.67. The van der Waals surface area contributed by atoms with Crippen molar-refractivity contribution in [3.05, 3.63) is 48.0 Å². The fourth-order valence-corrected chi connectivity index (χ4v) is 6.19. The molecule has 0 saturated carbocycles. The summed E-state index contributed by atoms with van der Waals surface area (Å²) in [7, 11) is -1.67. The Kier molecular flexibility index (Phi) is 12.8. The minimum Gasteiger partial charge on any atom is -0.463 e. The van der Waals surface area contributed by atoms with Crippen LogP contribution in [0.2, 0.25) is 18.1 Å². The molecule has 0 heterocycles. The molecule has 1 aromatic carbocycles. The molecule has 28 heavy (non-hydrogen) atoms. The molecule has 0 bridgehead atoms. The number of carbonyl (C=O) groups excluding carboxylic acids is 1. The van der Waals surface area contributed by atoms with E-state index in [0.717, 1.165) is 37.4 Å².